The van der Waals surface area contributed by atoms with E-state index >= 15 is 0 Å². The van der Waals surface area contributed by atoms with Crippen LogP contribution in [0.2, 0.25) is 0 Å². The molecule has 1 saturated heterocycles. The Morgan fingerprint density at radius 3 is 2.81 bits per heavy atom. The number of phenols is 1. The highest BCUT2D eigenvalue weighted by molar-refractivity contribution is 5.87. The third-order valence-electron chi connectivity index (χ3n) is 4.78. The second-order valence-electron chi connectivity index (χ2n) is 6.57. The minimum absolute atomic E-state index is 0.262. The van der Waals surface area contributed by atoms with E-state index in [9.17, 15) is 5.11 Å². The summed E-state index contributed by atoms with van der Waals surface area (Å²) in [5.41, 5.74) is 2.94. The minimum Gasteiger partial charge on any atom is -0.508 e. The van der Waals surface area contributed by atoms with Gasteiger partial charge in [-0.2, -0.15) is 0 Å². The molecular weight excluding hydrogens is 330 g/mol. The van der Waals surface area contributed by atoms with E-state index < -0.39 is 0 Å². The van der Waals surface area contributed by atoms with Crippen molar-refractivity contribution in [2.75, 3.05) is 32.8 Å². The monoisotopic (exact) mass is 353 g/mol. The van der Waals surface area contributed by atoms with Crippen LogP contribution in [0.15, 0.2) is 45.6 Å². The molecule has 1 aromatic carbocycles. The van der Waals surface area contributed by atoms with Crippen molar-refractivity contribution in [3.63, 3.8) is 0 Å². The Bertz CT molecular complexity index is 873. The molecule has 5 nitrogen and oxygen atoms in total. The molecule has 1 aliphatic heterocycles. The molecule has 4 rings (SSSR count). The molecule has 0 bridgehead atoms. The topological polar surface area (TPSA) is 59.0 Å². The summed E-state index contributed by atoms with van der Waals surface area (Å²) in [6.45, 7) is 4.68. The van der Waals surface area contributed by atoms with Crippen LogP contribution in [0.1, 0.15) is 23.3 Å². The minimum atomic E-state index is 0.262. The SMILES string of the molecule is Oc1ccc2oc(/C=C/c3ccoc3)c(CCCN3CCOCC3)c2c1. The molecule has 0 saturated carbocycles. The molecule has 3 heterocycles. The number of benzene rings is 1. The number of aromatic hydroxyl groups is 1. The molecule has 136 valence electrons. The molecule has 26 heavy (non-hydrogen) atoms. The van der Waals surface area contributed by atoms with E-state index in [0.29, 0.717) is 0 Å². The number of nitrogens with zero attached hydrogens (tertiary/aromatic N) is 1. The van der Waals surface area contributed by atoms with Gasteiger partial charge in [0.05, 0.1) is 25.7 Å². The number of hydrogen-bond donors (Lipinski definition) is 1. The van der Waals surface area contributed by atoms with E-state index in [1.807, 2.05) is 24.3 Å². The lowest BCUT2D eigenvalue weighted by molar-refractivity contribution is 0.0375. The summed E-state index contributed by atoms with van der Waals surface area (Å²) < 4.78 is 16.6. The zero-order valence-corrected chi connectivity index (χ0v) is 14.7. The molecule has 1 N–H and O–H groups in total. The predicted octanol–water partition coefficient (Wildman–Crippen LogP) is 4.17. The molecule has 1 aliphatic rings. The summed E-state index contributed by atoms with van der Waals surface area (Å²) in [6, 6.07) is 7.18. The number of ether oxygens (including phenoxy) is 1. The molecule has 5 heteroatoms. The molecule has 3 aromatic rings. The van der Waals surface area contributed by atoms with E-state index in [4.69, 9.17) is 13.6 Å². The van der Waals surface area contributed by atoms with Gasteiger partial charge >= 0.3 is 0 Å². The number of morpholine rings is 1. The fourth-order valence-electron chi connectivity index (χ4n) is 3.39. The molecule has 2 aromatic heterocycles. The first-order chi connectivity index (χ1) is 12.8. The molecule has 0 atom stereocenters. The number of rotatable bonds is 6. The van der Waals surface area contributed by atoms with E-state index in [1.54, 1.807) is 24.7 Å². The Morgan fingerprint density at radius 2 is 2.00 bits per heavy atom. The lowest BCUT2D eigenvalue weighted by atomic mass is 10.0. The number of phenolic OH excluding ortho intramolecular Hbond substituents is 1. The van der Waals surface area contributed by atoms with Crippen LogP contribution < -0.4 is 0 Å². The maximum atomic E-state index is 9.88. The Morgan fingerprint density at radius 1 is 1.12 bits per heavy atom. The molecule has 0 radical (unpaired) electrons. The second kappa shape index (κ2) is 7.81. The highest BCUT2D eigenvalue weighted by Crippen LogP contribution is 2.31. The van der Waals surface area contributed by atoms with Crippen LogP contribution in [0.25, 0.3) is 23.1 Å². The van der Waals surface area contributed by atoms with Gasteiger partial charge in [0.15, 0.2) is 0 Å². The summed E-state index contributed by atoms with van der Waals surface area (Å²) in [7, 11) is 0. The lowest BCUT2D eigenvalue weighted by Gasteiger charge is -2.26. The normalized spacial score (nSPS) is 16.0. The average molecular weight is 353 g/mol. The van der Waals surface area contributed by atoms with Crippen LogP contribution in [0.3, 0.4) is 0 Å². The number of aryl methyl sites for hydroxylation is 1. The van der Waals surface area contributed by atoms with Gasteiger partial charge in [0.2, 0.25) is 0 Å². The Balaban J connectivity index is 1.55. The Labute approximate surface area is 152 Å². The van der Waals surface area contributed by atoms with Crippen LogP contribution in [-0.2, 0) is 11.2 Å². The van der Waals surface area contributed by atoms with Gasteiger partial charge in [-0.3, -0.25) is 4.90 Å². The standard InChI is InChI=1S/C21H23NO4/c23-17-4-6-21-19(14-17)18(2-1-8-22-9-12-24-13-10-22)20(26-21)5-3-16-7-11-25-15-16/h3-7,11,14-15,23H,1-2,8-10,12-13H2/b5-3+. The van der Waals surface area contributed by atoms with Gasteiger partial charge in [0.1, 0.15) is 17.1 Å². The van der Waals surface area contributed by atoms with Crippen molar-refractivity contribution >= 4 is 23.1 Å². The van der Waals surface area contributed by atoms with Crippen molar-refractivity contribution in [1.29, 1.82) is 0 Å². The molecule has 0 spiro atoms. The van der Waals surface area contributed by atoms with Gasteiger partial charge in [-0.05, 0) is 55.8 Å². The fourth-order valence-corrected chi connectivity index (χ4v) is 3.39. The molecular formula is C21H23NO4. The van der Waals surface area contributed by atoms with Crippen LogP contribution in [0.5, 0.6) is 5.75 Å². The molecule has 0 amide bonds. The maximum Gasteiger partial charge on any atom is 0.135 e. The quantitative estimate of drug-likeness (QED) is 0.721. The summed E-state index contributed by atoms with van der Waals surface area (Å²) >= 11 is 0. The van der Waals surface area contributed by atoms with Gasteiger partial charge in [-0.25, -0.2) is 0 Å². The number of furan rings is 2. The van der Waals surface area contributed by atoms with Crippen LogP contribution >= 0.6 is 0 Å². The smallest absolute Gasteiger partial charge is 0.135 e. The summed E-state index contributed by atoms with van der Waals surface area (Å²) in [5, 5.41) is 10.9. The molecule has 0 aliphatic carbocycles. The van der Waals surface area contributed by atoms with Gasteiger partial charge < -0.3 is 18.7 Å². The zero-order chi connectivity index (χ0) is 17.8. The van der Waals surface area contributed by atoms with E-state index in [-0.39, 0.29) is 5.75 Å². The fraction of sp³-hybridized carbons (Fsp3) is 0.333. The Hall–Kier alpha value is -2.50. The molecule has 1 fully saturated rings. The predicted molar refractivity (Wildman–Crippen MR) is 101 cm³/mol. The lowest BCUT2D eigenvalue weighted by Crippen LogP contribution is -2.36. The third-order valence-corrected chi connectivity index (χ3v) is 4.78. The first-order valence-electron chi connectivity index (χ1n) is 9.04. The van der Waals surface area contributed by atoms with Crippen molar-refractivity contribution < 1.29 is 18.7 Å². The first-order valence-corrected chi connectivity index (χ1v) is 9.04. The first kappa shape index (κ1) is 16.9. The van der Waals surface area contributed by atoms with Crippen molar-refractivity contribution in [3.05, 3.63) is 53.7 Å². The van der Waals surface area contributed by atoms with E-state index in [0.717, 1.165) is 73.5 Å². The van der Waals surface area contributed by atoms with Gasteiger partial charge in [-0.1, -0.05) is 0 Å². The summed E-state index contributed by atoms with van der Waals surface area (Å²) in [4.78, 5) is 2.43. The van der Waals surface area contributed by atoms with Crippen LogP contribution in [0, 0.1) is 0 Å². The highest BCUT2D eigenvalue weighted by Gasteiger charge is 2.15. The number of fused-ring (bicyclic) bond motifs is 1. The van der Waals surface area contributed by atoms with Gasteiger partial charge in [0, 0.05) is 29.6 Å². The summed E-state index contributed by atoms with van der Waals surface area (Å²) in [6.07, 6.45) is 9.25. The highest BCUT2D eigenvalue weighted by atomic mass is 16.5. The average Bonchev–Trinajstić information content (AvgIpc) is 3.29. The van der Waals surface area contributed by atoms with E-state index in [2.05, 4.69) is 4.90 Å². The summed E-state index contributed by atoms with van der Waals surface area (Å²) in [5.74, 6) is 1.10. The zero-order valence-electron chi connectivity index (χ0n) is 14.7. The van der Waals surface area contributed by atoms with Crippen molar-refractivity contribution in [1.82, 2.24) is 4.90 Å². The van der Waals surface area contributed by atoms with Crippen molar-refractivity contribution in [2.24, 2.45) is 0 Å². The van der Waals surface area contributed by atoms with Gasteiger partial charge in [-0.15, -0.1) is 0 Å². The van der Waals surface area contributed by atoms with E-state index in [1.165, 1.54) is 0 Å². The van der Waals surface area contributed by atoms with Crippen LogP contribution in [-0.4, -0.2) is 42.9 Å². The Kier molecular flexibility index (Phi) is 5.09. The largest absolute Gasteiger partial charge is 0.508 e. The van der Waals surface area contributed by atoms with Gasteiger partial charge in [0.25, 0.3) is 0 Å². The van der Waals surface area contributed by atoms with Crippen molar-refractivity contribution in [2.45, 2.75) is 12.8 Å². The third kappa shape index (κ3) is 3.84. The maximum absolute atomic E-state index is 9.88. The van der Waals surface area contributed by atoms with Crippen LogP contribution in [0.4, 0.5) is 0 Å². The van der Waals surface area contributed by atoms with Crippen molar-refractivity contribution in [3.8, 4) is 5.75 Å². The second-order valence-corrected chi connectivity index (χ2v) is 6.57. The number of hydrogen-bond acceptors (Lipinski definition) is 5. The molecule has 0 unspecified atom stereocenters.